The van der Waals surface area contributed by atoms with Crippen LogP contribution in [0, 0.1) is 6.92 Å². The number of hydrogen-bond acceptors (Lipinski definition) is 5. The third-order valence-electron chi connectivity index (χ3n) is 2.75. The summed E-state index contributed by atoms with van der Waals surface area (Å²) >= 11 is 0. The molecule has 1 aromatic heterocycles. The van der Waals surface area contributed by atoms with Crippen molar-refractivity contribution in [2.45, 2.75) is 26.9 Å². The Bertz CT molecular complexity index is 573. The number of aromatic nitrogens is 2. The van der Waals surface area contributed by atoms with Gasteiger partial charge in [0.15, 0.2) is 0 Å². The van der Waals surface area contributed by atoms with Crippen LogP contribution < -0.4 is 10.1 Å². The molecule has 106 valence electrons. The third-order valence-corrected chi connectivity index (χ3v) is 2.75. The van der Waals surface area contributed by atoms with E-state index < -0.39 is 0 Å². The highest BCUT2D eigenvalue weighted by Gasteiger charge is 2.06. The highest BCUT2D eigenvalue weighted by atomic mass is 16.5. The monoisotopic (exact) mass is 273 g/mol. The molecule has 0 aliphatic heterocycles. The molecule has 0 amide bonds. The molecule has 2 N–H and O–H groups in total. The summed E-state index contributed by atoms with van der Waals surface area (Å²) in [5.41, 5.74) is 1.67. The van der Waals surface area contributed by atoms with Crippen molar-refractivity contribution in [2.75, 3.05) is 11.9 Å². The minimum Gasteiger partial charge on any atom is -0.439 e. The summed E-state index contributed by atoms with van der Waals surface area (Å²) < 4.78 is 5.77. The number of benzene rings is 1. The van der Waals surface area contributed by atoms with Crippen LogP contribution in [-0.4, -0.2) is 21.6 Å². The van der Waals surface area contributed by atoms with E-state index in [9.17, 15) is 0 Å². The van der Waals surface area contributed by atoms with Crippen LogP contribution in [-0.2, 0) is 6.61 Å². The lowest BCUT2D eigenvalue weighted by molar-refractivity contribution is 0.281. The first-order valence-corrected chi connectivity index (χ1v) is 6.68. The molecular formula is C15H19N3O2. The fourth-order valence-electron chi connectivity index (χ4n) is 1.67. The van der Waals surface area contributed by atoms with Crippen LogP contribution in [0.4, 0.5) is 5.95 Å². The SMILES string of the molecule is CCCNc1ncc(C)c(Oc2cccc(CO)c2)n1. The third kappa shape index (κ3) is 3.68. The van der Waals surface area contributed by atoms with Crippen molar-refractivity contribution in [1.29, 1.82) is 0 Å². The van der Waals surface area contributed by atoms with Gasteiger partial charge in [-0.05, 0) is 31.0 Å². The van der Waals surface area contributed by atoms with Crippen LogP contribution >= 0.6 is 0 Å². The van der Waals surface area contributed by atoms with Gasteiger partial charge < -0.3 is 15.2 Å². The van der Waals surface area contributed by atoms with Crippen LogP contribution in [0.1, 0.15) is 24.5 Å². The maximum absolute atomic E-state index is 9.13. The second-order valence-electron chi connectivity index (χ2n) is 4.52. The number of rotatable bonds is 6. The normalized spacial score (nSPS) is 10.3. The molecule has 1 heterocycles. The average molecular weight is 273 g/mol. The number of aliphatic hydroxyl groups excluding tert-OH is 1. The van der Waals surface area contributed by atoms with Crippen molar-refractivity contribution in [2.24, 2.45) is 0 Å². The summed E-state index contributed by atoms with van der Waals surface area (Å²) in [4.78, 5) is 8.56. The lowest BCUT2D eigenvalue weighted by atomic mass is 10.2. The lowest BCUT2D eigenvalue weighted by Crippen LogP contribution is -2.05. The minimum atomic E-state index is -0.0107. The van der Waals surface area contributed by atoms with Crippen LogP contribution in [0.15, 0.2) is 30.5 Å². The average Bonchev–Trinajstić information content (AvgIpc) is 2.48. The van der Waals surface area contributed by atoms with Crippen molar-refractivity contribution < 1.29 is 9.84 Å². The molecule has 20 heavy (non-hydrogen) atoms. The van der Waals surface area contributed by atoms with Crippen LogP contribution in [0.3, 0.4) is 0 Å². The van der Waals surface area contributed by atoms with Gasteiger partial charge >= 0.3 is 0 Å². The quantitative estimate of drug-likeness (QED) is 0.847. The van der Waals surface area contributed by atoms with E-state index in [0.717, 1.165) is 24.1 Å². The number of ether oxygens (including phenoxy) is 1. The van der Waals surface area contributed by atoms with E-state index in [4.69, 9.17) is 9.84 Å². The molecule has 0 radical (unpaired) electrons. The van der Waals surface area contributed by atoms with E-state index in [-0.39, 0.29) is 6.61 Å². The van der Waals surface area contributed by atoms with Crippen molar-refractivity contribution in [3.63, 3.8) is 0 Å². The largest absolute Gasteiger partial charge is 0.439 e. The summed E-state index contributed by atoms with van der Waals surface area (Å²) in [7, 11) is 0. The summed E-state index contributed by atoms with van der Waals surface area (Å²) in [6.45, 7) is 4.79. The standard InChI is InChI=1S/C15H19N3O2/c1-3-7-16-15-17-9-11(2)14(18-15)20-13-6-4-5-12(8-13)10-19/h4-6,8-9,19H,3,7,10H2,1-2H3,(H,16,17,18). The zero-order valence-electron chi connectivity index (χ0n) is 11.8. The smallest absolute Gasteiger partial charge is 0.226 e. The molecule has 0 bridgehead atoms. The van der Waals surface area contributed by atoms with Crippen LogP contribution in [0.25, 0.3) is 0 Å². The predicted octanol–water partition coefficient (Wildman–Crippen LogP) is 2.89. The molecule has 2 aromatic rings. The van der Waals surface area contributed by atoms with Crippen LogP contribution in [0.2, 0.25) is 0 Å². The first kappa shape index (κ1) is 14.3. The maximum atomic E-state index is 9.13. The van der Waals surface area contributed by atoms with Gasteiger partial charge in [-0.15, -0.1) is 0 Å². The fraction of sp³-hybridized carbons (Fsp3) is 0.333. The Hall–Kier alpha value is -2.14. The van der Waals surface area contributed by atoms with Gasteiger partial charge in [0, 0.05) is 18.3 Å². The summed E-state index contributed by atoms with van der Waals surface area (Å²) in [5.74, 6) is 1.74. The topological polar surface area (TPSA) is 67.3 Å². The van der Waals surface area contributed by atoms with Gasteiger partial charge in [-0.3, -0.25) is 0 Å². The van der Waals surface area contributed by atoms with Gasteiger partial charge in [-0.25, -0.2) is 4.98 Å². The molecule has 0 saturated carbocycles. The highest BCUT2D eigenvalue weighted by molar-refractivity contribution is 5.37. The van der Waals surface area contributed by atoms with Gasteiger partial charge in [-0.2, -0.15) is 4.98 Å². The van der Waals surface area contributed by atoms with Crippen LogP contribution in [0.5, 0.6) is 11.6 Å². The van der Waals surface area contributed by atoms with Crippen molar-refractivity contribution >= 4 is 5.95 Å². The summed E-state index contributed by atoms with van der Waals surface area (Å²) in [6.07, 6.45) is 2.74. The number of nitrogens with one attached hydrogen (secondary N) is 1. The van der Waals surface area contributed by atoms with Crippen molar-refractivity contribution in [1.82, 2.24) is 9.97 Å². The van der Waals surface area contributed by atoms with Gasteiger partial charge in [0.1, 0.15) is 5.75 Å². The second-order valence-corrected chi connectivity index (χ2v) is 4.52. The maximum Gasteiger partial charge on any atom is 0.226 e. The van der Waals surface area contributed by atoms with Crippen molar-refractivity contribution in [3.05, 3.63) is 41.6 Å². The Morgan fingerprint density at radius 3 is 2.95 bits per heavy atom. The van der Waals surface area contributed by atoms with E-state index in [1.54, 1.807) is 12.3 Å². The molecule has 5 heteroatoms. The Morgan fingerprint density at radius 2 is 2.20 bits per heavy atom. The number of hydrogen-bond donors (Lipinski definition) is 2. The molecular weight excluding hydrogens is 254 g/mol. The minimum absolute atomic E-state index is 0.0107. The molecule has 0 fully saturated rings. The van der Waals surface area contributed by atoms with E-state index in [1.165, 1.54) is 0 Å². The van der Waals surface area contributed by atoms with Gasteiger partial charge in [0.2, 0.25) is 11.8 Å². The number of nitrogens with zero attached hydrogens (tertiary/aromatic N) is 2. The molecule has 0 aliphatic rings. The number of anilines is 1. The molecule has 5 nitrogen and oxygen atoms in total. The fourth-order valence-corrected chi connectivity index (χ4v) is 1.67. The zero-order chi connectivity index (χ0) is 14.4. The zero-order valence-corrected chi connectivity index (χ0v) is 11.8. The summed E-state index contributed by atoms with van der Waals surface area (Å²) in [6, 6.07) is 7.31. The number of aryl methyl sites for hydroxylation is 1. The molecule has 0 aliphatic carbocycles. The molecule has 1 aromatic carbocycles. The first-order valence-electron chi connectivity index (χ1n) is 6.68. The van der Waals surface area contributed by atoms with E-state index in [2.05, 4.69) is 22.2 Å². The molecule has 2 rings (SSSR count). The van der Waals surface area contributed by atoms with Gasteiger partial charge in [0.25, 0.3) is 0 Å². The van der Waals surface area contributed by atoms with E-state index in [1.807, 2.05) is 25.1 Å². The predicted molar refractivity (Wildman–Crippen MR) is 78.0 cm³/mol. The Kier molecular flexibility index (Phi) is 4.90. The van der Waals surface area contributed by atoms with Crippen molar-refractivity contribution in [3.8, 4) is 11.6 Å². The second kappa shape index (κ2) is 6.86. The molecule has 0 unspecified atom stereocenters. The summed E-state index contributed by atoms with van der Waals surface area (Å²) in [5, 5.41) is 12.3. The van der Waals surface area contributed by atoms with E-state index >= 15 is 0 Å². The Balaban J connectivity index is 2.18. The lowest BCUT2D eigenvalue weighted by Gasteiger charge is -2.10. The Labute approximate surface area is 118 Å². The van der Waals surface area contributed by atoms with Gasteiger partial charge in [-0.1, -0.05) is 19.1 Å². The van der Waals surface area contributed by atoms with Gasteiger partial charge in [0.05, 0.1) is 6.61 Å². The molecule has 0 atom stereocenters. The Morgan fingerprint density at radius 1 is 1.35 bits per heavy atom. The number of aliphatic hydroxyl groups is 1. The molecule has 0 spiro atoms. The van der Waals surface area contributed by atoms with E-state index in [0.29, 0.717) is 17.6 Å². The molecule has 0 saturated heterocycles. The highest BCUT2D eigenvalue weighted by Crippen LogP contribution is 2.24. The first-order chi connectivity index (χ1) is 9.72.